The Morgan fingerprint density at radius 3 is 2.42 bits per heavy atom. The van der Waals surface area contributed by atoms with Crippen LogP contribution in [0.2, 0.25) is 0 Å². The Balaban J connectivity index is 1.48. The number of H-pyrrole nitrogens is 1. The molecule has 0 spiro atoms. The maximum absolute atomic E-state index is 12.2. The molecule has 3 rings (SSSR count). The summed E-state index contributed by atoms with van der Waals surface area (Å²) in [6, 6.07) is 9.19. The molecule has 0 radical (unpaired) electrons. The minimum Gasteiger partial charge on any atom is -0.451 e. The Kier molecular flexibility index (Phi) is 5.40. The standard InChI is InChI=1S/C18H21N3O5/c1-2-25-18(24)21-9-7-20(8-10-21)16(22)12-26-17(23)15-11-13-5-3-4-6-14(13)19-15/h3-6,11,19H,2,7-10,12H2,1H3. The molecular weight excluding hydrogens is 338 g/mol. The van der Waals surface area contributed by atoms with Crippen LogP contribution in [-0.4, -0.2) is 72.1 Å². The van der Waals surface area contributed by atoms with Gasteiger partial charge in [-0.2, -0.15) is 0 Å². The van der Waals surface area contributed by atoms with Crippen molar-refractivity contribution in [3.8, 4) is 0 Å². The van der Waals surface area contributed by atoms with Gasteiger partial charge in [0.2, 0.25) is 0 Å². The summed E-state index contributed by atoms with van der Waals surface area (Å²) in [5, 5.41) is 0.904. The van der Waals surface area contributed by atoms with E-state index in [-0.39, 0.29) is 18.6 Å². The maximum Gasteiger partial charge on any atom is 0.409 e. The maximum atomic E-state index is 12.2. The summed E-state index contributed by atoms with van der Waals surface area (Å²) >= 11 is 0. The molecule has 0 atom stereocenters. The van der Waals surface area contributed by atoms with Gasteiger partial charge in [-0.1, -0.05) is 18.2 Å². The van der Waals surface area contributed by atoms with E-state index in [0.717, 1.165) is 10.9 Å². The second kappa shape index (κ2) is 7.90. The van der Waals surface area contributed by atoms with Crippen molar-refractivity contribution in [3.63, 3.8) is 0 Å². The summed E-state index contributed by atoms with van der Waals surface area (Å²) in [7, 11) is 0. The van der Waals surface area contributed by atoms with Crippen molar-refractivity contribution < 1.29 is 23.9 Å². The molecule has 8 heteroatoms. The molecule has 2 aromatic rings. The van der Waals surface area contributed by atoms with Crippen molar-refractivity contribution in [2.24, 2.45) is 0 Å². The van der Waals surface area contributed by atoms with Gasteiger partial charge in [-0.15, -0.1) is 0 Å². The SMILES string of the molecule is CCOC(=O)N1CCN(C(=O)COC(=O)c2cc3ccccc3[nH]2)CC1. The molecular formula is C18H21N3O5. The summed E-state index contributed by atoms with van der Waals surface area (Å²) in [6.07, 6.45) is -0.371. The lowest BCUT2D eigenvalue weighted by Gasteiger charge is -2.33. The van der Waals surface area contributed by atoms with Crippen LogP contribution in [0.1, 0.15) is 17.4 Å². The van der Waals surface area contributed by atoms with Crippen LogP contribution in [0.15, 0.2) is 30.3 Å². The van der Waals surface area contributed by atoms with Crippen molar-refractivity contribution in [2.75, 3.05) is 39.4 Å². The number of ether oxygens (including phenoxy) is 2. The van der Waals surface area contributed by atoms with Gasteiger partial charge in [0.25, 0.3) is 5.91 Å². The first-order chi connectivity index (χ1) is 12.6. The molecule has 1 aromatic carbocycles. The number of esters is 1. The number of carbonyl (C=O) groups excluding carboxylic acids is 3. The van der Waals surface area contributed by atoms with Crippen LogP contribution in [0, 0.1) is 0 Å². The molecule has 26 heavy (non-hydrogen) atoms. The first-order valence-electron chi connectivity index (χ1n) is 8.53. The first-order valence-corrected chi connectivity index (χ1v) is 8.53. The van der Waals surface area contributed by atoms with E-state index in [1.165, 1.54) is 0 Å². The van der Waals surface area contributed by atoms with E-state index in [1.807, 2.05) is 24.3 Å². The number of amides is 2. The van der Waals surface area contributed by atoms with E-state index >= 15 is 0 Å². The third kappa shape index (κ3) is 3.96. The molecule has 0 aliphatic carbocycles. The summed E-state index contributed by atoms with van der Waals surface area (Å²) in [5.74, 6) is -0.849. The molecule has 0 saturated carbocycles. The summed E-state index contributed by atoms with van der Waals surface area (Å²) in [6.45, 7) is 3.33. The molecule has 1 saturated heterocycles. The summed E-state index contributed by atoms with van der Waals surface area (Å²) < 4.78 is 10.1. The van der Waals surface area contributed by atoms with Gasteiger partial charge in [0.1, 0.15) is 5.69 Å². The van der Waals surface area contributed by atoms with E-state index in [2.05, 4.69) is 4.98 Å². The van der Waals surface area contributed by atoms with Gasteiger partial charge < -0.3 is 24.3 Å². The van der Waals surface area contributed by atoms with Crippen molar-refractivity contribution in [1.29, 1.82) is 0 Å². The normalized spacial score (nSPS) is 14.3. The molecule has 2 heterocycles. The highest BCUT2D eigenvalue weighted by molar-refractivity contribution is 5.95. The quantitative estimate of drug-likeness (QED) is 0.838. The predicted molar refractivity (Wildman–Crippen MR) is 93.8 cm³/mol. The van der Waals surface area contributed by atoms with Crippen molar-refractivity contribution in [2.45, 2.75) is 6.92 Å². The summed E-state index contributed by atoms with van der Waals surface area (Å²) in [5.41, 5.74) is 1.15. The number of carbonyl (C=O) groups is 3. The van der Waals surface area contributed by atoms with E-state index < -0.39 is 5.97 Å². The Labute approximate surface area is 150 Å². The van der Waals surface area contributed by atoms with Crippen LogP contribution in [-0.2, 0) is 14.3 Å². The second-order valence-electron chi connectivity index (χ2n) is 5.91. The zero-order valence-corrected chi connectivity index (χ0v) is 14.6. The van der Waals surface area contributed by atoms with Crippen LogP contribution in [0.4, 0.5) is 4.79 Å². The fourth-order valence-electron chi connectivity index (χ4n) is 2.83. The lowest BCUT2D eigenvalue weighted by Crippen LogP contribution is -2.51. The van der Waals surface area contributed by atoms with Gasteiger partial charge in [-0.3, -0.25) is 4.79 Å². The third-order valence-corrected chi connectivity index (χ3v) is 4.24. The number of rotatable bonds is 4. The number of aromatic nitrogens is 1. The zero-order chi connectivity index (χ0) is 18.5. The zero-order valence-electron chi connectivity index (χ0n) is 14.6. The first kappa shape index (κ1) is 17.8. The third-order valence-electron chi connectivity index (χ3n) is 4.24. The molecule has 1 fully saturated rings. The lowest BCUT2D eigenvalue weighted by atomic mass is 10.2. The number of nitrogens with one attached hydrogen (secondary N) is 1. The molecule has 1 aliphatic heterocycles. The van der Waals surface area contributed by atoms with Crippen molar-refractivity contribution in [3.05, 3.63) is 36.0 Å². The van der Waals surface area contributed by atoms with Crippen molar-refractivity contribution >= 4 is 28.9 Å². The topological polar surface area (TPSA) is 91.9 Å². The van der Waals surface area contributed by atoms with E-state index in [1.54, 1.807) is 22.8 Å². The molecule has 2 amide bonds. The predicted octanol–water partition coefficient (Wildman–Crippen LogP) is 1.63. The molecule has 0 bridgehead atoms. The number of aromatic amines is 1. The monoisotopic (exact) mass is 359 g/mol. The van der Waals surface area contributed by atoms with Crippen molar-refractivity contribution in [1.82, 2.24) is 14.8 Å². The minimum absolute atomic E-state index is 0.280. The van der Waals surface area contributed by atoms with E-state index in [9.17, 15) is 14.4 Å². The van der Waals surface area contributed by atoms with Crippen LogP contribution >= 0.6 is 0 Å². The van der Waals surface area contributed by atoms with Crippen LogP contribution in [0.5, 0.6) is 0 Å². The molecule has 8 nitrogen and oxygen atoms in total. The largest absolute Gasteiger partial charge is 0.451 e. The van der Waals surface area contributed by atoms with Gasteiger partial charge in [-0.25, -0.2) is 9.59 Å². The van der Waals surface area contributed by atoms with Gasteiger partial charge in [0.05, 0.1) is 6.61 Å². The second-order valence-corrected chi connectivity index (χ2v) is 5.91. The highest BCUT2D eigenvalue weighted by atomic mass is 16.6. The number of benzene rings is 1. The molecule has 138 valence electrons. The average molecular weight is 359 g/mol. The van der Waals surface area contributed by atoms with Gasteiger partial charge in [0.15, 0.2) is 6.61 Å². The lowest BCUT2D eigenvalue weighted by molar-refractivity contribution is -0.136. The van der Waals surface area contributed by atoms with Gasteiger partial charge in [0, 0.05) is 37.1 Å². The Morgan fingerprint density at radius 1 is 1.04 bits per heavy atom. The smallest absolute Gasteiger partial charge is 0.409 e. The molecule has 1 aliphatic rings. The van der Waals surface area contributed by atoms with Gasteiger partial charge in [-0.05, 0) is 19.1 Å². The molecule has 1 N–H and O–H groups in total. The van der Waals surface area contributed by atoms with E-state index in [0.29, 0.717) is 38.5 Å². The number of hydrogen-bond donors (Lipinski definition) is 1. The number of para-hydroxylation sites is 1. The molecule has 1 aromatic heterocycles. The fraction of sp³-hybridized carbons (Fsp3) is 0.389. The number of hydrogen-bond acceptors (Lipinski definition) is 5. The number of fused-ring (bicyclic) bond motifs is 1. The van der Waals surface area contributed by atoms with Crippen LogP contribution in [0.3, 0.4) is 0 Å². The number of nitrogens with zero attached hydrogens (tertiary/aromatic N) is 2. The Hall–Kier alpha value is -3.03. The Morgan fingerprint density at radius 2 is 1.73 bits per heavy atom. The van der Waals surface area contributed by atoms with E-state index in [4.69, 9.17) is 9.47 Å². The minimum atomic E-state index is -0.570. The van der Waals surface area contributed by atoms with Crippen LogP contribution in [0.25, 0.3) is 10.9 Å². The van der Waals surface area contributed by atoms with Crippen LogP contribution < -0.4 is 0 Å². The summed E-state index contributed by atoms with van der Waals surface area (Å²) in [4.78, 5) is 42.1. The Bertz CT molecular complexity index is 775. The highest BCUT2D eigenvalue weighted by Gasteiger charge is 2.25. The molecule has 0 unspecified atom stereocenters. The van der Waals surface area contributed by atoms with Gasteiger partial charge >= 0.3 is 12.1 Å². The highest BCUT2D eigenvalue weighted by Crippen LogP contribution is 2.15. The number of piperazine rings is 1. The average Bonchev–Trinajstić information content (AvgIpc) is 3.10. The fourth-order valence-corrected chi connectivity index (χ4v) is 2.83.